The van der Waals surface area contributed by atoms with Gasteiger partial charge in [0.15, 0.2) is 11.6 Å². The maximum atomic E-state index is 13.7. The molecule has 0 spiro atoms. The molecule has 3 rings (SSSR count). The van der Waals surface area contributed by atoms with Gasteiger partial charge in [-0.2, -0.15) is 0 Å². The van der Waals surface area contributed by atoms with Crippen LogP contribution in [0.2, 0.25) is 0 Å². The van der Waals surface area contributed by atoms with E-state index >= 15 is 0 Å². The van der Waals surface area contributed by atoms with Gasteiger partial charge in [0.1, 0.15) is 5.82 Å². The van der Waals surface area contributed by atoms with Gasteiger partial charge in [0.05, 0.1) is 7.11 Å². The number of carbonyl (C=O) groups excluding carboxylic acids is 1. The molecule has 0 bridgehead atoms. The summed E-state index contributed by atoms with van der Waals surface area (Å²) >= 11 is 0. The smallest absolute Gasteiger partial charge is 0.227 e. The number of carbonyl (C=O) groups is 1. The summed E-state index contributed by atoms with van der Waals surface area (Å²) < 4.78 is 32.1. The third-order valence-electron chi connectivity index (χ3n) is 4.31. The summed E-state index contributed by atoms with van der Waals surface area (Å²) in [5.74, 6) is -0.665. The third-order valence-corrected chi connectivity index (χ3v) is 4.31. The number of aryl methyl sites for hydroxylation is 2. The number of halogens is 2. The van der Waals surface area contributed by atoms with E-state index in [1.54, 1.807) is 23.1 Å². The van der Waals surface area contributed by atoms with Crippen LogP contribution in [-0.2, 0) is 17.6 Å². The van der Waals surface area contributed by atoms with E-state index in [-0.39, 0.29) is 23.9 Å². The fourth-order valence-electron chi connectivity index (χ4n) is 3.06. The minimum Gasteiger partial charge on any atom is -0.494 e. The Labute approximate surface area is 139 Å². The Bertz CT molecular complexity index is 761. The number of anilines is 1. The monoisotopic (exact) mass is 331 g/mol. The van der Waals surface area contributed by atoms with Crippen molar-refractivity contribution < 1.29 is 18.3 Å². The van der Waals surface area contributed by atoms with E-state index < -0.39 is 5.82 Å². The predicted octanol–water partition coefficient (Wildman–Crippen LogP) is 3.89. The summed E-state index contributed by atoms with van der Waals surface area (Å²) in [6.07, 6.45) is 2.40. The average molecular weight is 331 g/mol. The maximum Gasteiger partial charge on any atom is 0.227 e. The van der Waals surface area contributed by atoms with Crippen molar-refractivity contribution in [1.29, 1.82) is 0 Å². The van der Waals surface area contributed by atoms with E-state index in [0.717, 1.165) is 24.0 Å². The molecule has 0 saturated heterocycles. The number of hydrogen-bond acceptors (Lipinski definition) is 2. The molecule has 0 aromatic heterocycles. The Kier molecular flexibility index (Phi) is 4.79. The molecule has 0 saturated carbocycles. The lowest BCUT2D eigenvalue weighted by atomic mass is 10.0. The maximum absolute atomic E-state index is 13.7. The minimum absolute atomic E-state index is 0.0715. The second-order valence-electron chi connectivity index (χ2n) is 5.89. The van der Waals surface area contributed by atoms with Crippen LogP contribution in [0.4, 0.5) is 14.5 Å². The molecule has 1 aliphatic rings. The molecular formula is C19H19F2NO2. The van der Waals surface area contributed by atoms with Gasteiger partial charge in [-0.05, 0) is 54.7 Å². The Balaban J connectivity index is 1.70. The van der Waals surface area contributed by atoms with Crippen LogP contribution >= 0.6 is 0 Å². The van der Waals surface area contributed by atoms with E-state index in [1.807, 2.05) is 0 Å². The molecule has 1 heterocycles. The SMILES string of the molecule is COc1ccc(CCC(=O)N2CCCc3ccc(F)cc32)cc1F. The first-order valence-corrected chi connectivity index (χ1v) is 7.99. The van der Waals surface area contributed by atoms with Gasteiger partial charge in [-0.3, -0.25) is 4.79 Å². The molecular weight excluding hydrogens is 312 g/mol. The van der Waals surface area contributed by atoms with Crippen LogP contribution in [0.5, 0.6) is 5.75 Å². The van der Waals surface area contributed by atoms with Gasteiger partial charge in [0, 0.05) is 18.7 Å². The lowest BCUT2D eigenvalue weighted by Crippen LogP contribution is -2.35. The molecule has 0 fully saturated rings. The van der Waals surface area contributed by atoms with E-state index in [1.165, 1.54) is 25.3 Å². The molecule has 0 unspecified atom stereocenters. The number of benzene rings is 2. The molecule has 1 amide bonds. The van der Waals surface area contributed by atoms with Gasteiger partial charge in [-0.1, -0.05) is 12.1 Å². The van der Waals surface area contributed by atoms with Crippen molar-refractivity contribution in [2.75, 3.05) is 18.6 Å². The van der Waals surface area contributed by atoms with Gasteiger partial charge in [-0.15, -0.1) is 0 Å². The fraction of sp³-hybridized carbons (Fsp3) is 0.316. The van der Waals surface area contributed by atoms with E-state index in [0.29, 0.717) is 18.7 Å². The van der Waals surface area contributed by atoms with Crippen LogP contribution < -0.4 is 9.64 Å². The summed E-state index contributed by atoms with van der Waals surface area (Å²) in [4.78, 5) is 14.2. The molecule has 24 heavy (non-hydrogen) atoms. The minimum atomic E-state index is -0.437. The molecule has 2 aromatic carbocycles. The van der Waals surface area contributed by atoms with Gasteiger partial charge in [0.25, 0.3) is 0 Å². The van der Waals surface area contributed by atoms with Crippen LogP contribution in [-0.4, -0.2) is 19.6 Å². The van der Waals surface area contributed by atoms with Crippen LogP contribution in [0.15, 0.2) is 36.4 Å². The highest BCUT2D eigenvalue weighted by Gasteiger charge is 2.22. The highest BCUT2D eigenvalue weighted by molar-refractivity contribution is 5.94. The van der Waals surface area contributed by atoms with E-state index in [9.17, 15) is 13.6 Å². The van der Waals surface area contributed by atoms with Crippen LogP contribution in [0.3, 0.4) is 0 Å². The molecule has 126 valence electrons. The number of ether oxygens (including phenoxy) is 1. The average Bonchev–Trinajstić information content (AvgIpc) is 2.59. The summed E-state index contributed by atoms with van der Waals surface area (Å²) in [7, 11) is 1.41. The van der Waals surface area contributed by atoms with Crippen molar-refractivity contribution >= 4 is 11.6 Å². The Hall–Kier alpha value is -2.43. The highest BCUT2D eigenvalue weighted by Crippen LogP contribution is 2.28. The first-order chi connectivity index (χ1) is 11.6. The number of fused-ring (bicyclic) bond motifs is 1. The van der Waals surface area contributed by atoms with Crippen molar-refractivity contribution in [3.05, 3.63) is 59.2 Å². The molecule has 0 radical (unpaired) electrons. The molecule has 0 N–H and O–H groups in total. The highest BCUT2D eigenvalue weighted by atomic mass is 19.1. The van der Waals surface area contributed by atoms with Crippen molar-refractivity contribution in [2.24, 2.45) is 0 Å². The second kappa shape index (κ2) is 6.99. The Morgan fingerprint density at radius 1 is 1.21 bits per heavy atom. The first-order valence-electron chi connectivity index (χ1n) is 7.99. The van der Waals surface area contributed by atoms with Crippen molar-refractivity contribution in [3.63, 3.8) is 0 Å². The number of rotatable bonds is 4. The molecule has 0 aliphatic carbocycles. The summed E-state index contributed by atoms with van der Waals surface area (Å²) in [5, 5.41) is 0. The van der Waals surface area contributed by atoms with Crippen molar-refractivity contribution in [3.8, 4) is 5.75 Å². The predicted molar refractivity (Wildman–Crippen MR) is 88.3 cm³/mol. The zero-order chi connectivity index (χ0) is 17.1. The normalized spacial score (nSPS) is 13.5. The zero-order valence-electron chi connectivity index (χ0n) is 13.5. The van der Waals surface area contributed by atoms with Crippen LogP contribution in [0, 0.1) is 11.6 Å². The number of amides is 1. The topological polar surface area (TPSA) is 29.5 Å². The summed E-state index contributed by atoms with van der Waals surface area (Å²) in [6, 6.07) is 9.27. The summed E-state index contributed by atoms with van der Waals surface area (Å²) in [5.41, 5.74) is 2.39. The molecule has 1 aliphatic heterocycles. The van der Waals surface area contributed by atoms with Crippen molar-refractivity contribution in [2.45, 2.75) is 25.7 Å². The molecule has 0 atom stereocenters. The number of nitrogens with zero attached hydrogens (tertiary/aromatic N) is 1. The van der Waals surface area contributed by atoms with Gasteiger partial charge in [0.2, 0.25) is 5.91 Å². The molecule has 5 heteroatoms. The van der Waals surface area contributed by atoms with Crippen molar-refractivity contribution in [1.82, 2.24) is 0 Å². The first kappa shape index (κ1) is 16.4. The van der Waals surface area contributed by atoms with Gasteiger partial charge >= 0.3 is 0 Å². The Morgan fingerprint density at radius 3 is 2.79 bits per heavy atom. The Morgan fingerprint density at radius 2 is 2.04 bits per heavy atom. The molecule has 2 aromatic rings. The summed E-state index contributed by atoms with van der Waals surface area (Å²) in [6.45, 7) is 0.590. The van der Waals surface area contributed by atoms with Gasteiger partial charge in [-0.25, -0.2) is 8.78 Å². The van der Waals surface area contributed by atoms with E-state index in [4.69, 9.17) is 4.74 Å². The zero-order valence-corrected chi connectivity index (χ0v) is 13.5. The van der Waals surface area contributed by atoms with Crippen LogP contribution in [0.25, 0.3) is 0 Å². The fourth-order valence-corrected chi connectivity index (χ4v) is 3.06. The van der Waals surface area contributed by atoms with Gasteiger partial charge < -0.3 is 9.64 Å². The number of hydrogen-bond donors (Lipinski definition) is 0. The second-order valence-corrected chi connectivity index (χ2v) is 5.89. The number of methoxy groups -OCH3 is 1. The lowest BCUT2D eigenvalue weighted by molar-refractivity contribution is -0.118. The quantitative estimate of drug-likeness (QED) is 0.851. The molecule has 3 nitrogen and oxygen atoms in total. The largest absolute Gasteiger partial charge is 0.494 e. The third kappa shape index (κ3) is 3.40. The van der Waals surface area contributed by atoms with E-state index in [2.05, 4.69) is 0 Å². The van der Waals surface area contributed by atoms with Crippen LogP contribution in [0.1, 0.15) is 24.0 Å². The standard InChI is InChI=1S/C19H19F2NO2/c1-24-18-8-4-13(11-16(18)21)5-9-19(23)22-10-2-3-14-6-7-15(20)12-17(14)22/h4,6-8,11-12H,2-3,5,9-10H2,1H3. The lowest BCUT2D eigenvalue weighted by Gasteiger charge is -2.29.